The number of carbonyl (C=O) groups is 1. The van der Waals surface area contributed by atoms with Gasteiger partial charge in [0.05, 0.1) is 24.5 Å². The van der Waals surface area contributed by atoms with Crippen LogP contribution in [0, 0.1) is 5.92 Å². The minimum atomic E-state index is 0.138. The Bertz CT molecular complexity index is 610. The molecule has 1 saturated heterocycles. The van der Waals surface area contributed by atoms with Crippen molar-refractivity contribution in [2.24, 2.45) is 5.92 Å². The fraction of sp³-hybridized carbons (Fsp3) is 0.722. The molecule has 2 fully saturated rings. The summed E-state index contributed by atoms with van der Waals surface area (Å²) in [6.07, 6.45) is 7.41. The van der Waals surface area contributed by atoms with E-state index in [4.69, 9.17) is 10.5 Å². The number of nitrogens with two attached hydrogens (primary N) is 1. The van der Waals surface area contributed by atoms with E-state index in [9.17, 15) is 4.79 Å². The molecule has 0 bridgehead atoms. The van der Waals surface area contributed by atoms with Gasteiger partial charge in [-0.1, -0.05) is 0 Å². The molecule has 0 unspecified atom stereocenters. The van der Waals surface area contributed by atoms with Crippen molar-refractivity contribution >= 4 is 23.4 Å². The van der Waals surface area contributed by atoms with Crippen molar-refractivity contribution in [1.29, 1.82) is 0 Å². The van der Waals surface area contributed by atoms with E-state index in [0.717, 1.165) is 45.1 Å². The number of hydrogen-bond donors (Lipinski definition) is 3. The number of nitrogens with one attached hydrogen (secondary N) is 2. The summed E-state index contributed by atoms with van der Waals surface area (Å²) in [6, 6.07) is 0.525. The normalized spacial score (nSPS) is 26.2. The van der Waals surface area contributed by atoms with Crippen molar-refractivity contribution in [3.63, 3.8) is 0 Å². The SMILES string of the molecule is CN(C)C(=O)C1CCC(Nc2ncc(N)c(N[C@@H]3CCCOC3)n2)CC1. The van der Waals surface area contributed by atoms with Gasteiger partial charge in [-0.25, -0.2) is 4.98 Å². The van der Waals surface area contributed by atoms with Crippen LogP contribution in [0.25, 0.3) is 0 Å². The Labute approximate surface area is 154 Å². The number of carbonyl (C=O) groups excluding carboxylic acids is 1. The van der Waals surface area contributed by atoms with Crippen LogP contribution in [-0.4, -0.2) is 60.2 Å². The summed E-state index contributed by atoms with van der Waals surface area (Å²) in [5.74, 6) is 1.61. The average Bonchev–Trinajstić information content (AvgIpc) is 2.65. The number of nitrogens with zero attached hydrogens (tertiary/aromatic N) is 3. The maximum Gasteiger partial charge on any atom is 0.225 e. The van der Waals surface area contributed by atoms with Crippen LogP contribution in [0.1, 0.15) is 38.5 Å². The molecule has 1 aromatic rings. The summed E-state index contributed by atoms with van der Waals surface area (Å²) in [5.41, 5.74) is 6.56. The Kier molecular flexibility index (Phi) is 6.13. The van der Waals surface area contributed by atoms with E-state index in [1.165, 1.54) is 0 Å². The lowest BCUT2D eigenvalue weighted by molar-refractivity contribution is -0.133. The molecule has 1 atom stereocenters. The molecule has 1 aromatic heterocycles. The molecule has 1 aliphatic heterocycles. The van der Waals surface area contributed by atoms with Crippen LogP contribution in [0.15, 0.2) is 6.20 Å². The first-order chi connectivity index (χ1) is 12.5. The van der Waals surface area contributed by atoms with E-state index in [-0.39, 0.29) is 23.9 Å². The van der Waals surface area contributed by atoms with Gasteiger partial charge in [0.2, 0.25) is 11.9 Å². The summed E-state index contributed by atoms with van der Waals surface area (Å²) in [7, 11) is 3.64. The average molecular weight is 362 g/mol. The third-order valence-electron chi connectivity index (χ3n) is 5.17. The predicted octanol–water partition coefficient (Wildman–Crippen LogP) is 1.71. The van der Waals surface area contributed by atoms with Gasteiger partial charge in [-0.3, -0.25) is 4.79 Å². The lowest BCUT2D eigenvalue weighted by Gasteiger charge is -2.30. The number of rotatable bonds is 5. The fourth-order valence-electron chi connectivity index (χ4n) is 3.66. The minimum absolute atomic E-state index is 0.138. The lowest BCUT2D eigenvalue weighted by atomic mass is 9.85. The first-order valence-corrected chi connectivity index (χ1v) is 9.47. The molecular formula is C18H30N6O2. The van der Waals surface area contributed by atoms with Crippen molar-refractivity contribution in [1.82, 2.24) is 14.9 Å². The van der Waals surface area contributed by atoms with E-state index in [1.54, 1.807) is 11.1 Å². The molecule has 0 radical (unpaired) electrons. The summed E-state index contributed by atoms with van der Waals surface area (Å²) in [6.45, 7) is 1.50. The highest BCUT2D eigenvalue weighted by Crippen LogP contribution is 2.28. The van der Waals surface area contributed by atoms with Crippen molar-refractivity contribution < 1.29 is 9.53 Å². The number of aromatic nitrogens is 2. The van der Waals surface area contributed by atoms with Crippen molar-refractivity contribution in [3.8, 4) is 0 Å². The zero-order chi connectivity index (χ0) is 18.5. The topological polar surface area (TPSA) is 105 Å². The highest BCUT2D eigenvalue weighted by molar-refractivity contribution is 5.78. The van der Waals surface area contributed by atoms with Gasteiger partial charge in [0.1, 0.15) is 0 Å². The monoisotopic (exact) mass is 362 g/mol. The summed E-state index contributed by atoms with van der Waals surface area (Å²) >= 11 is 0. The predicted molar refractivity (Wildman–Crippen MR) is 102 cm³/mol. The number of nitrogen functional groups attached to an aromatic ring is 1. The molecule has 8 heteroatoms. The number of hydrogen-bond acceptors (Lipinski definition) is 7. The van der Waals surface area contributed by atoms with Gasteiger partial charge in [-0.05, 0) is 38.5 Å². The molecule has 0 spiro atoms. The smallest absolute Gasteiger partial charge is 0.225 e. The number of amides is 1. The van der Waals surface area contributed by atoms with Crippen molar-refractivity contribution in [3.05, 3.63) is 6.20 Å². The molecule has 2 aliphatic rings. The zero-order valence-electron chi connectivity index (χ0n) is 15.7. The van der Waals surface area contributed by atoms with Crippen LogP contribution >= 0.6 is 0 Å². The van der Waals surface area contributed by atoms with E-state index in [0.29, 0.717) is 24.1 Å². The third kappa shape index (κ3) is 4.75. The van der Waals surface area contributed by atoms with Gasteiger partial charge in [-0.2, -0.15) is 4.98 Å². The molecular weight excluding hydrogens is 332 g/mol. The van der Waals surface area contributed by atoms with Crippen LogP contribution < -0.4 is 16.4 Å². The van der Waals surface area contributed by atoms with Gasteiger partial charge >= 0.3 is 0 Å². The minimum Gasteiger partial charge on any atom is -0.394 e. The Hall–Kier alpha value is -2.09. The molecule has 0 aromatic carbocycles. The second-order valence-electron chi connectivity index (χ2n) is 7.48. The molecule has 26 heavy (non-hydrogen) atoms. The van der Waals surface area contributed by atoms with E-state index < -0.39 is 0 Å². The van der Waals surface area contributed by atoms with Gasteiger partial charge in [0.15, 0.2) is 5.82 Å². The van der Waals surface area contributed by atoms with Gasteiger partial charge < -0.3 is 26.0 Å². The molecule has 144 valence electrons. The maximum atomic E-state index is 12.1. The lowest BCUT2D eigenvalue weighted by Crippen LogP contribution is -2.35. The largest absolute Gasteiger partial charge is 0.394 e. The number of ether oxygens (including phenoxy) is 1. The highest BCUT2D eigenvalue weighted by atomic mass is 16.5. The Morgan fingerprint density at radius 3 is 2.62 bits per heavy atom. The Morgan fingerprint density at radius 1 is 1.19 bits per heavy atom. The second kappa shape index (κ2) is 8.53. The molecule has 4 N–H and O–H groups in total. The highest BCUT2D eigenvalue weighted by Gasteiger charge is 2.27. The third-order valence-corrected chi connectivity index (χ3v) is 5.17. The maximum absolute atomic E-state index is 12.1. The quantitative estimate of drug-likeness (QED) is 0.732. The van der Waals surface area contributed by atoms with Crippen molar-refractivity contribution in [2.75, 3.05) is 43.7 Å². The first-order valence-electron chi connectivity index (χ1n) is 9.47. The Balaban J connectivity index is 1.55. The van der Waals surface area contributed by atoms with Crippen molar-refractivity contribution in [2.45, 2.75) is 50.6 Å². The standard InChI is InChI=1S/C18H30N6O2/c1-24(2)17(25)12-5-7-13(8-6-12)22-18-20-10-15(19)16(23-18)21-14-4-3-9-26-11-14/h10,12-14H,3-9,11,19H2,1-2H3,(H2,20,21,22,23)/t12?,13?,14-/m1/s1. The molecule has 8 nitrogen and oxygen atoms in total. The number of anilines is 3. The van der Waals surface area contributed by atoms with E-state index in [1.807, 2.05) is 14.1 Å². The molecule has 2 heterocycles. The second-order valence-corrected chi connectivity index (χ2v) is 7.48. The molecule has 3 rings (SSSR count). The van der Waals surface area contributed by atoms with Crippen LogP contribution in [0.2, 0.25) is 0 Å². The summed E-state index contributed by atoms with van der Waals surface area (Å²) in [4.78, 5) is 22.6. The fourth-order valence-corrected chi connectivity index (χ4v) is 3.66. The van der Waals surface area contributed by atoms with E-state index >= 15 is 0 Å². The van der Waals surface area contributed by atoms with Crippen LogP contribution in [0.5, 0.6) is 0 Å². The van der Waals surface area contributed by atoms with Gasteiger partial charge in [0.25, 0.3) is 0 Å². The summed E-state index contributed by atoms with van der Waals surface area (Å²) < 4.78 is 5.50. The first kappa shape index (κ1) is 18.7. The van der Waals surface area contributed by atoms with Crippen LogP contribution in [-0.2, 0) is 9.53 Å². The Morgan fingerprint density at radius 2 is 1.96 bits per heavy atom. The van der Waals surface area contributed by atoms with Crippen LogP contribution in [0.3, 0.4) is 0 Å². The van der Waals surface area contributed by atoms with Gasteiger partial charge in [-0.15, -0.1) is 0 Å². The summed E-state index contributed by atoms with van der Waals surface area (Å²) in [5, 5.41) is 6.77. The molecule has 1 saturated carbocycles. The van der Waals surface area contributed by atoms with Gasteiger partial charge in [0, 0.05) is 32.7 Å². The van der Waals surface area contributed by atoms with E-state index in [2.05, 4.69) is 20.6 Å². The van der Waals surface area contributed by atoms with Crippen LogP contribution in [0.4, 0.5) is 17.5 Å². The zero-order valence-corrected chi connectivity index (χ0v) is 15.7. The molecule has 1 aliphatic carbocycles. The molecule has 1 amide bonds.